The van der Waals surface area contributed by atoms with Gasteiger partial charge < -0.3 is 5.73 Å². The van der Waals surface area contributed by atoms with Crippen molar-refractivity contribution in [1.82, 2.24) is 0 Å². The van der Waals surface area contributed by atoms with Gasteiger partial charge >= 0.3 is 58.2 Å². The van der Waals surface area contributed by atoms with Crippen LogP contribution in [0, 0.1) is 6.08 Å². The second kappa shape index (κ2) is 8.83. The molecule has 9 heavy (non-hydrogen) atoms. The Kier molecular flexibility index (Phi) is 12.3. The Labute approximate surface area is 105 Å². The second-order valence-corrected chi connectivity index (χ2v) is 1.45. The van der Waals surface area contributed by atoms with Crippen LogP contribution < -0.4 is 63.9 Å². The SMILES string of the molecule is C=C[C-]=C/C=C(\C)N.[Rb+]. The van der Waals surface area contributed by atoms with Crippen molar-refractivity contribution in [3.05, 3.63) is 36.6 Å². The van der Waals surface area contributed by atoms with Crippen LogP contribution in [0.3, 0.4) is 0 Å². The molecule has 0 heterocycles. The first-order valence-electron chi connectivity index (χ1n) is 2.40. The average molecular weight is 194 g/mol. The van der Waals surface area contributed by atoms with E-state index in [0.29, 0.717) is 0 Å². The maximum Gasteiger partial charge on any atom is 1.00 e. The van der Waals surface area contributed by atoms with E-state index in [1.165, 1.54) is 0 Å². The molecule has 0 aromatic carbocycles. The summed E-state index contributed by atoms with van der Waals surface area (Å²) in [6.45, 7) is 5.27. The molecule has 0 aliphatic carbocycles. The molecule has 0 radical (unpaired) electrons. The van der Waals surface area contributed by atoms with Crippen molar-refractivity contribution in [3.8, 4) is 0 Å². The first-order chi connectivity index (χ1) is 3.77. The van der Waals surface area contributed by atoms with Gasteiger partial charge in [-0.25, -0.2) is 0 Å². The number of hydrogen-bond donors (Lipinski definition) is 1. The fraction of sp³-hybridized carbons (Fsp3) is 0.143. The summed E-state index contributed by atoms with van der Waals surface area (Å²) >= 11 is 0. The van der Waals surface area contributed by atoms with E-state index in [-0.39, 0.29) is 58.2 Å². The van der Waals surface area contributed by atoms with Gasteiger partial charge in [-0.05, 0) is 6.92 Å². The minimum Gasteiger partial charge on any atom is -0.412 e. The minimum atomic E-state index is 0. The van der Waals surface area contributed by atoms with Crippen LogP contribution in [0.15, 0.2) is 30.5 Å². The summed E-state index contributed by atoms with van der Waals surface area (Å²) < 4.78 is 0. The first-order valence-corrected chi connectivity index (χ1v) is 2.40. The van der Waals surface area contributed by atoms with Crippen LogP contribution in [-0.4, -0.2) is 0 Å². The van der Waals surface area contributed by atoms with Crippen molar-refractivity contribution >= 4 is 0 Å². The van der Waals surface area contributed by atoms with Crippen molar-refractivity contribution in [2.75, 3.05) is 0 Å². The Balaban J connectivity index is 0. The summed E-state index contributed by atoms with van der Waals surface area (Å²) in [5.74, 6) is 0. The van der Waals surface area contributed by atoms with Gasteiger partial charge in [0, 0.05) is 0 Å². The molecule has 0 aliphatic rings. The van der Waals surface area contributed by atoms with Crippen LogP contribution in [0.4, 0.5) is 0 Å². The molecular formula is C7H10NRb. The zero-order valence-electron chi connectivity index (χ0n) is 6.02. The van der Waals surface area contributed by atoms with E-state index >= 15 is 0 Å². The van der Waals surface area contributed by atoms with Gasteiger partial charge in [0.2, 0.25) is 0 Å². The van der Waals surface area contributed by atoms with Crippen molar-refractivity contribution in [1.29, 1.82) is 0 Å². The summed E-state index contributed by atoms with van der Waals surface area (Å²) in [7, 11) is 0. The Morgan fingerprint density at radius 2 is 2.22 bits per heavy atom. The Bertz CT molecular complexity index is 121. The first kappa shape index (κ1) is 12.5. The Morgan fingerprint density at radius 1 is 1.67 bits per heavy atom. The van der Waals surface area contributed by atoms with Gasteiger partial charge in [0.25, 0.3) is 0 Å². The van der Waals surface area contributed by atoms with Gasteiger partial charge in [-0.3, -0.25) is 0 Å². The van der Waals surface area contributed by atoms with E-state index < -0.39 is 0 Å². The fourth-order valence-corrected chi connectivity index (χ4v) is 0.248. The normalized spacial score (nSPS) is 11.0. The van der Waals surface area contributed by atoms with Gasteiger partial charge in [-0.15, -0.1) is 6.08 Å². The molecule has 0 saturated heterocycles. The minimum absolute atomic E-state index is 0. The second-order valence-electron chi connectivity index (χ2n) is 1.45. The van der Waals surface area contributed by atoms with Crippen LogP contribution in [0.5, 0.6) is 0 Å². The van der Waals surface area contributed by atoms with Gasteiger partial charge in [0.05, 0.1) is 0 Å². The molecule has 0 spiro atoms. The van der Waals surface area contributed by atoms with E-state index in [1.54, 1.807) is 18.2 Å². The van der Waals surface area contributed by atoms with E-state index in [1.807, 2.05) is 6.92 Å². The molecule has 2 N–H and O–H groups in total. The number of rotatable bonds is 2. The molecule has 0 aromatic heterocycles. The molecule has 2 heteroatoms. The summed E-state index contributed by atoms with van der Waals surface area (Å²) in [6.07, 6.45) is 7.83. The zero-order chi connectivity index (χ0) is 6.41. The summed E-state index contributed by atoms with van der Waals surface area (Å²) in [6, 6.07) is 0. The largest absolute Gasteiger partial charge is 1.00 e. The maximum absolute atomic E-state index is 5.29. The van der Waals surface area contributed by atoms with Crippen LogP contribution in [-0.2, 0) is 0 Å². The molecule has 0 amide bonds. The van der Waals surface area contributed by atoms with Crippen LogP contribution >= 0.6 is 0 Å². The molecule has 0 rings (SSSR count). The van der Waals surface area contributed by atoms with Gasteiger partial charge in [-0.1, -0.05) is 5.70 Å². The van der Waals surface area contributed by atoms with Crippen molar-refractivity contribution in [2.45, 2.75) is 6.92 Å². The Morgan fingerprint density at radius 3 is 2.56 bits per heavy atom. The van der Waals surface area contributed by atoms with E-state index in [9.17, 15) is 0 Å². The molecule has 0 atom stereocenters. The molecule has 44 valence electrons. The summed E-state index contributed by atoms with van der Waals surface area (Å²) in [5.41, 5.74) is 6.07. The molecule has 0 fully saturated rings. The number of nitrogens with two attached hydrogens (primary N) is 1. The molecule has 0 bridgehead atoms. The summed E-state index contributed by atoms with van der Waals surface area (Å²) in [5, 5.41) is 0. The molecule has 0 aromatic rings. The number of hydrogen-bond acceptors (Lipinski definition) is 1. The third kappa shape index (κ3) is 12.1. The predicted molar refractivity (Wildman–Crippen MR) is 36.0 cm³/mol. The van der Waals surface area contributed by atoms with E-state index in [2.05, 4.69) is 12.7 Å². The Hall–Kier alpha value is 0.825. The van der Waals surface area contributed by atoms with E-state index in [0.717, 1.165) is 5.70 Å². The molecular weight excluding hydrogens is 184 g/mol. The maximum atomic E-state index is 5.29. The van der Waals surface area contributed by atoms with Gasteiger partial charge in [0.15, 0.2) is 0 Å². The molecule has 1 nitrogen and oxygen atoms in total. The predicted octanol–water partition coefficient (Wildman–Crippen LogP) is -1.60. The molecule has 0 unspecified atom stereocenters. The topological polar surface area (TPSA) is 26.0 Å². The van der Waals surface area contributed by atoms with Crippen LogP contribution in [0.25, 0.3) is 0 Å². The smallest absolute Gasteiger partial charge is 0.412 e. The monoisotopic (exact) mass is 193 g/mol. The van der Waals surface area contributed by atoms with Crippen molar-refractivity contribution < 1.29 is 58.2 Å². The third-order valence-corrected chi connectivity index (χ3v) is 0.560. The standard InChI is InChI=1S/C7H10N.Rb/c1-3-4-5-6-7(2)8;/h3,5-6H,1,8H2,2H3;/q-1;+1/b7-6+;. The molecule has 0 aliphatic heterocycles. The molecule has 0 saturated carbocycles. The summed E-state index contributed by atoms with van der Waals surface area (Å²) in [4.78, 5) is 0. The van der Waals surface area contributed by atoms with Crippen LogP contribution in [0.2, 0.25) is 0 Å². The fourth-order valence-electron chi connectivity index (χ4n) is 0.248. The van der Waals surface area contributed by atoms with Crippen molar-refractivity contribution in [2.24, 2.45) is 5.73 Å². The zero-order valence-corrected chi connectivity index (χ0v) is 10.9. The van der Waals surface area contributed by atoms with Crippen molar-refractivity contribution in [3.63, 3.8) is 0 Å². The van der Waals surface area contributed by atoms with E-state index in [4.69, 9.17) is 5.73 Å². The van der Waals surface area contributed by atoms with Crippen LogP contribution in [0.1, 0.15) is 6.92 Å². The third-order valence-electron chi connectivity index (χ3n) is 0.560. The average Bonchev–Trinajstić information content (AvgIpc) is 1.66. The van der Waals surface area contributed by atoms with Gasteiger partial charge in [-0.2, -0.15) is 24.8 Å². The number of allylic oxidation sites excluding steroid dienone is 5. The quantitative estimate of drug-likeness (QED) is 0.415. The van der Waals surface area contributed by atoms with Gasteiger partial charge in [0.1, 0.15) is 0 Å².